The van der Waals surface area contributed by atoms with E-state index in [1.165, 1.54) is 24.9 Å². The van der Waals surface area contributed by atoms with Crippen LogP contribution in [0.5, 0.6) is 0 Å². The minimum Gasteiger partial charge on any atom is -0.423 e. The third-order valence-corrected chi connectivity index (χ3v) is 6.91. The van der Waals surface area contributed by atoms with Crippen molar-refractivity contribution in [3.05, 3.63) is 85.1 Å². The van der Waals surface area contributed by atoms with Crippen LogP contribution in [0.25, 0.3) is 32.8 Å². The fourth-order valence-corrected chi connectivity index (χ4v) is 5.40. The molecule has 0 N–H and O–H groups in total. The zero-order valence-electron chi connectivity index (χ0n) is 19.9. The summed E-state index contributed by atoms with van der Waals surface area (Å²) < 4.78 is 8.12. The van der Waals surface area contributed by atoms with E-state index in [4.69, 9.17) is 4.42 Å². The average molecular weight is 489 g/mol. The molecule has 0 aliphatic heterocycles. The average Bonchev–Trinajstić information content (AvgIpc) is 2.82. The predicted octanol–water partition coefficient (Wildman–Crippen LogP) is 4.01. The van der Waals surface area contributed by atoms with E-state index in [9.17, 15) is 14.4 Å². The molecule has 0 radical (unpaired) electrons. The van der Waals surface area contributed by atoms with E-state index in [2.05, 4.69) is 9.97 Å². The molecule has 35 heavy (non-hydrogen) atoms. The van der Waals surface area contributed by atoms with E-state index in [0.29, 0.717) is 39.8 Å². The molecule has 9 heteroatoms. The molecular weight excluding hydrogens is 464 g/mol. The highest BCUT2D eigenvalue weighted by atomic mass is 32.2. The molecule has 0 aliphatic carbocycles. The number of aromatic nitrogens is 4. The number of thioether (sulfide) groups is 1. The zero-order valence-corrected chi connectivity index (χ0v) is 20.7. The van der Waals surface area contributed by atoms with Crippen molar-refractivity contribution in [2.24, 2.45) is 13.0 Å². The summed E-state index contributed by atoms with van der Waals surface area (Å²) in [4.78, 5) is 47.4. The molecule has 0 spiro atoms. The van der Waals surface area contributed by atoms with Gasteiger partial charge in [0.15, 0.2) is 5.65 Å². The lowest BCUT2D eigenvalue weighted by atomic mass is 10.0. The van der Waals surface area contributed by atoms with Gasteiger partial charge >= 0.3 is 11.3 Å². The minimum absolute atomic E-state index is 0.183. The Kier molecular flexibility index (Phi) is 5.80. The molecule has 0 amide bonds. The van der Waals surface area contributed by atoms with Gasteiger partial charge in [-0.25, -0.2) is 19.6 Å². The number of nitrogens with zero attached hydrogens (tertiary/aromatic N) is 4. The first-order valence-corrected chi connectivity index (χ1v) is 12.3. The Morgan fingerprint density at radius 1 is 1.03 bits per heavy atom. The van der Waals surface area contributed by atoms with Gasteiger partial charge in [0.25, 0.3) is 5.56 Å². The highest BCUT2D eigenvalue weighted by Crippen LogP contribution is 2.32. The highest BCUT2D eigenvalue weighted by Gasteiger charge is 2.19. The van der Waals surface area contributed by atoms with Crippen LogP contribution in [-0.4, -0.2) is 19.1 Å². The molecule has 3 heterocycles. The molecule has 0 unspecified atom stereocenters. The van der Waals surface area contributed by atoms with Crippen molar-refractivity contribution in [1.82, 2.24) is 19.1 Å². The topological polar surface area (TPSA) is 100.0 Å². The summed E-state index contributed by atoms with van der Waals surface area (Å²) in [5, 5.41) is 3.66. The second-order valence-corrected chi connectivity index (χ2v) is 9.93. The number of hydrogen-bond acceptors (Lipinski definition) is 7. The lowest BCUT2D eigenvalue weighted by Gasteiger charge is -2.15. The summed E-state index contributed by atoms with van der Waals surface area (Å²) in [6.07, 6.45) is 0. The molecule has 5 rings (SSSR count). The summed E-state index contributed by atoms with van der Waals surface area (Å²) in [5.41, 5.74) is 0.365. The van der Waals surface area contributed by atoms with Gasteiger partial charge < -0.3 is 4.42 Å². The molecule has 178 valence electrons. The Balaban J connectivity index is 1.70. The van der Waals surface area contributed by atoms with Crippen molar-refractivity contribution >= 4 is 44.5 Å². The van der Waals surface area contributed by atoms with Crippen LogP contribution in [0.15, 0.2) is 66.3 Å². The Morgan fingerprint density at radius 2 is 1.80 bits per heavy atom. The fourth-order valence-electron chi connectivity index (χ4n) is 4.36. The van der Waals surface area contributed by atoms with Crippen molar-refractivity contribution in [2.45, 2.75) is 38.1 Å². The minimum atomic E-state index is -0.436. The van der Waals surface area contributed by atoms with Crippen molar-refractivity contribution < 1.29 is 4.42 Å². The van der Waals surface area contributed by atoms with Crippen molar-refractivity contribution in [3.63, 3.8) is 0 Å². The van der Waals surface area contributed by atoms with Gasteiger partial charge in [-0.2, -0.15) is 0 Å². The molecule has 0 saturated heterocycles. The number of benzene rings is 2. The standard InChI is InChI=1S/C26H24N4O4S/c1-14(2)12-30-23-22(25(32)29(4)26(30)33)24(28-15(3)27-23)35-13-17-11-20(31)34-19-10-9-16-7-5-6-8-18(16)21(17)19/h5-11,14H,12-13H2,1-4H3. The summed E-state index contributed by atoms with van der Waals surface area (Å²) in [6.45, 7) is 6.18. The molecule has 5 aromatic rings. The lowest BCUT2D eigenvalue weighted by Crippen LogP contribution is -2.39. The number of aryl methyl sites for hydroxylation is 1. The largest absolute Gasteiger partial charge is 0.423 e. The Labute approximate surface area is 204 Å². The second-order valence-electron chi connectivity index (χ2n) is 8.96. The first kappa shape index (κ1) is 23.0. The quantitative estimate of drug-likeness (QED) is 0.159. The molecular formula is C26H24N4O4S. The van der Waals surface area contributed by atoms with Crippen LogP contribution in [0.3, 0.4) is 0 Å². The van der Waals surface area contributed by atoms with Crippen LogP contribution in [0.4, 0.5) is 0 Å². The van der Waals surface area contributed by atoms with Crippen LogP contribution >= 0.6 is 11.8 Å². The van der Waals surface area contributed by atoms with Gasteiger partial charge in [-0.15, -0.1) is 11.8 Å². The first-order valence-electron chi connectivity index (χ1n) is 11.3. The third kappa shape index (κ3) is 4.05. The van der Waals surface area contributed by atoms with E-state index in [-0.39, 0.29) is 5.92 Å². The van der Waals surface area contributed by atoms with Gasteiger partial charge in [0.1, 0.15) is 21.8 Å². The maximum absolute atomic E-state index is 13.2. The van der Waals surface area contributed by atoms with Crippen LogP contribution in [0.1, 0.15) is 25.2 Å². The van der Waals surface area contributed by atoms with Gasteiger partial charge in [-0.05, 0) is 35.2 Å². The number of hydrogen-bond donors (Lipinski definition) is 0. The third-order valence-electron chi connectivity index (χ3n) is 5.89. The van der Waals surface area contributed by atoms with Crippen molar-refractivity contribution in [2.75, 3.05) is 0 Å². The maximum atomic E-state index is 13.2. The van der Waals surface area contributed by atoms with E-state index in [0.717, 1.165) is 26.3 Å². The first-order chi connectivity index (χ1) is 16.7. The molecule has 0 atom stereocenters. The van der Waals surface area contributed by atoms with E-state index < -0.39 is 16.9 Å². The zero-order chi connectivity index (χ0) is 24.9. The van der Waals surface area contributed by atoms with E-state index in [1.54, 1.807) is 17.6 Å². The van der Waals surface area contributed by atoms with Crippen LogP contribution in [0.2, 0.25) is 0 Å². The van der Waals surface area contributed by atoms with Crippen molar-refractivity contribution in [1.29, 1.82) is 0 Å². The highest BCUT2D eigenvalue weighted by molar-refractivity contribution is 7.98. The predicted molar refractivity (Wildman–Crippen MR) is 138 cm³/mol. The lowest BCUT2D eigenvalue weighted by molar-refractivity contribution is 0.498. The Morgan fingerprint density at radius 3 is 2.57 bits per heavy atom. The molecule has 0 fully saturated rings. The van der Waals surface area contributed by atoms with Gasteiger partial charge in [-0.1, -0.05) is 44.2 Å². The van der Waals surface area contributed by atoms with Gasteiger partial charge in [-0.3, -0.25) is 13.9 Å². The number of rotatable bonds is 5. The van der Waals surface area contributed by atoms with Gasteiger partial charge in [0.2, 0.25) is 0 Å². The van der Waals surface area contributed by atoms with E-state index in [1.807, 2.05) is 44.2 Å². The summed E-state index contributed by atoms with van der Waals surface area (Å²) in [5.74, 6) is 1.03. The second kappa shape index (κ2) is 8.81. The van der Waals surface area contributed by atoms with E-state index >= 15 is 0 Å². The fraction of sp³-hybridized carbons (Fsp3) is 0.269. The molecule has 0 aliphatic rings. The molecule has 3 aromatic heterocycles. The normalized spacial score (nSPS) is 11.8. The smallest absolute Gasteiger partial charge is 0.336 e. The molecule has 0 saturated carbocycles. The van der Waals surface area contributed by atoms with Crippen LogP contribution in [-0.2, 0) is 19.3 Å². The molecule has 0 bridgehead atoms. The summed E-state index contributed by atoms with van der Waals surface area (Å²) >= 11 is 1.35. The summed E-state index contributed by atoms with van der Waals surface area (Å²) in [7, 11) is 1.47. The monoisotopic (exact) mass is 488 g/mol. The summed E-state index contributed by atoms with van der Waals surface area (Å²) in [6, 6.07) is 13.1. The molecule has 2 aromatic carbocycles. The SMILES string of the molecule is Cc1nc(SCc2cc(=O)oc3ccc4ccccc4c23)c2c(=O)n(C)c(=O)n(CC(C)C)c2n1. The Bertz CT molecular complexity index is 1800. The Hall–Kier alpha value is -3.72. The maximum Gasteiger partial charge on any atom is 0.336 e. The van der Waals surface area contributed by atoms with Gasteiger partial charge in [0, 0.05) is 30.8 Å². The van der Waals surface area contributed by atoms with Crippen molar-refractivity contribution in [3.8, 4) is 0 Å². The van der Waals surface area contributed by atoms with Crippen LogP contribution in [0, 0.1) is 12.8 Å². The number of fused-ring (bicyclic) bond motifs is 4. The van der Waals surface area contributed by atoms with Gasteiger partial charge in [0.05, 0.1) is 0 Å². The molecule has 8 nitrogen and oxygen atoms in total. The van der Waals surface area contributed by atoms with Crippen LogP contribution < -0.4 is 16.9 Å².